The van der Waals surface area contributed by atoms with E-state index >= 15 is 0 Å². The van der Waals surface area contributed by atoms with Crippen LogP contribution in [0.15, 0.2) is 23.1 Å². The van der Waals surface area contributed by atoms with Gasteiger partial charge in [0, 0.05) is 37.7 Å². The van der Waals surface area contributed by atoms with Crippen molar-refractivity contribution < 1.29 is 13.2 Å². The van der Waals surface area contributed by atoms with E-state index in [1.54, 1.807) is 34.3 Å². The van der Waals surface area contributed by atoms with Crippen molar-refractivity contribution in [1.29, 1.82) is 0 Å². The predicted octanol–water partition coefficient (Wildman–Crippen LogP) is 2.51. The zero-order chi connectivity index (χ0) is 16.8. The van der Waals surface area contributed by atoms with Gasteiger partial charge in [-0.25, -0.2) is 8.42 Å². The lowest BCUT2D eigenvalue weighted by molar-refractivity contribution is -0.116. The summed E-state index contributed by atoms with van der Waals surface area (Å²) in [6.07, 6.45) is 2.94. The minimum Gasteiger partial charge on any atom is -0.311 e. The molecule has 3 rings (SSSR count). The highest BCUT2D eigenvalue weighted by atomic mass is 32.2. The molecule has 0 atom stereocenters. The molecular weight excluding hydrogens is 312 g/mol. The quantitative estimate of drug-likeness (QED) is 0.834. The number of rotatable bonds is 2. The number of sulfonamides is 1. The van der Waals surface area contributed by atoms with Gasteiger partial charge in [0.15, 0.2) is 0 Å². The van der Waals surface area contributed by atoms with Crippen LogP contribution in [0.25, 0.3) is 0 Å². The normalized spacial score (nSPS) is 21.3. The summed E-state index contributed by atoms with van der Waals surface area (Å²) in [5.74, 6) is -0.0107. The first-order chi connectivity index (χ1) is 10.7. The summed E-state index contributed by atoms with van der Waals surface area (Å²) in [6.45, 7) is 7.43. The molecule has 1 saturated heterocycles. The van der Waals surface area contributed by atoms with Crippen molar-refractivity contribution in [3.05, 3.63) is 23.8 Å². The van der Waals surface area contributed by atoms with Gasteiger partial charge >= 0.3 is 0 Å². The number of carbonyl (C=O) groups is 1. The topological polar surface area (TPSA) is 57.7 Å². The number of hydrogen-bond donors (Lipinski definition) is 0. The number of anilines is 1. The Labute approximate surface area is 138 Å². The van der Waals surface area contributed by atoms with Crippen molar-refractivity contribution in [3.63, 3.8) is 0 Å². The van der Waals surface area contributed by atoms with Crippen molar-refractivity contribution in [2.24, 2.45) is 0 Å². The van der Waals surface area contributed by atoms with E-state index in [4.69, 9.17) is 0 Å². The van der Waals surface area contributed by atoms with Crippen LogP contribution in [0, 0.1) is 0 Å². The van der Waals surface area contributed by atoms with Gasteiger partial charge in [-0.15, -0.1) is 0 Å². The molecule has 0 saturated carbocycles. The maximum absolute atomic E-state index is 12.9. The molecule has 1 fully saturated rings. The monoisotopic (exact) mass is 336 g/mol. The van der Waals surface area contributed by atoms with Crippen LogP contribution in [-0.4, -0.2) is 38.3 Å². The number of nitrogens with zero attached hydrogens (tertiary/aromatic N) is 2. The Balaban J connectivity index is 2.02. The van der Waals surface area contributed by atoms with E-state index in [0.717, 1.165) is 30.5 Å². The van der Waals surface area contributed by atoms with E-state index < -0.39 is 10.0 Å². The second-order valence-corrected chi connectivity index (χ2v) is 9.07. The van der Waals surface area contributed by atoms with Crippen LogP contribution >= 0.6 is 0 Å². The van der Waals surface area contributed by atoms with Crippen LogP contribution < -0.4 is 4.90 Å². The summed E-state index contributed by atoms with van der Waals surface area (Å²) in [7, 11) is -3.44. The van der Waals surface area contributed by atoms with Crippen molar-refractivity contribution in [2.75, 3.05) is 24.5 Å². The first-order valence-electron chi connectivity index (χ1n) is 8.16. The molecule has 0 bridgehead atoms. The average Bonchev–Trinajstić information content (AvgIpc) is 2.80. The summed E-state index contributed by atoms with van der Waals surface area (Å²) >= 11 is 0. The second-order valence-electron chi connectivity index (χ2n) is 7.13. The Bertz CT molecular complexity index is 734. The molecule has 0 unspecified atom stereocenters. The Kier molecular flexibility index (Phi) is 4.01. The summed E-state index contributed by atoms with van der Waals surface area (Å²) in [5, 5.41) is 0. The van der Waals surface area contributed by atoms with Gasteiger partial charge in [0.05, 0.1) is 4.90 Å². The molecule has 0 N–H and O–H groups in total. The lowest BCUT2D eigenvalue weighted by Gasteiger charge is -2.26. The van der Waals surface area contributed by atoms with Gasteiger partial charge in [0.25, 0.3) is 0 Å². The van der Waals surface area contributed by atoms with E-state index in [-0.39, 0.29) is 11.3 Å². The highest BCUT2D eigenvalue weighted by molar-refractivity contribution is 7.89. The van der Waals surface area contributed by atoms with Crippen LogP contribution in [0.3, 0.4) is 0 Å². The van der Waals surface area contributed by atoms with Crippen LogP contribution in [0.1, 0.15) is 45.6 Å². The largest absolute Gasteiger partial charge is 0.311 e. The van der Waals surface area contributed by atoms with Gasteiger partial charge in [-0.1, -0.05) is 20.3 Å². The SMILES string of the molecule is CC(=O)N1CC(C)(C)c2cc(S(=O)(=O)N3CCCCC3)ccc21. The Hall–Kier alpha value is -1.40. The zero-order valence-electron chi connectivity index (χ0n) is 14.0. The molecule has 2 heterocycles. The van der Waals surface area contributed by atoms with Crippen molar-refractivity contribution >= 4 is 21.6 Å². The van der Waals surface area contributed by atoms with Crippen LogP contribution in [0.4, 0.5) is 5.69 Å². The molecule has 1 aromatic rings. The van der Waals surface area contributed by atoms with Gasteiger partial charge in [-0.3, -0.25) is 4.79 Å². The van der Waals surface area contributed by atoms with Crippen LogP contribution in [-0.2, 0) is 20.2 Å². The van der Waals surface area contributed by atoms with Crippen LogP contribution in [0.5, 0.6) is 0 Å². The lowest BCUT2D eigenvalue weighted by atomic mass is 9.87. The lowest BCUT2D eigenvalue weighted by Crippen LogP contribution is -2.35. The third-order valence-electron chi connectivity index (χ3n) is 4.87. The number of hydrogen-bond acceptors (Lipinski definition) is 3. The Morgan fingerprint density at radius 1 is 1.13 bits per heavy atom. The summed E-state index contributed by atoms with van der Waals surface area (Å²) in [6, 6.07) is 5.19. The average molecular weight is 336 g/mol. The van der Waals surface area contributed by atoms with Gasteiger partial charge in [-0.05, 0) is 36.6 Å². The molecular formula is C17H24N2O3S. The maximum atomic E-state index is 12.9. The van der Waals surface area contributed by atoms with E-state index in [1.807, 2.05) is 13.8 Å². The van der Waals surface area contributed by atoms with Crippen molar-refractivity contribution in [1.82, 2.24) is 4.31 Å². The van der Waals surface area contributed by atoms with Crippen LogP contribution in [0.2, 0.25) is 0 Å². The molecule has 0 aliphatic carbocycles. The molecule has 1 amide bonds. The van der Waals surface area contributed by atoms with E-state index in [1.165, 1.54) is 0 Å². The molecule has 0 radical (unpaired) electrons. The minimum atomic E-state index is -3.44. The third kappa shape index (κ3) is 2.78. The number of benzene rings is 1. The molecule has 0 spiro atoms. The smallest absolute Gasteiger partial charge is 0.243 e. The second kappa shape index (κ2) is 5.60. The number of carbonyl (C=O) groups excluding carboxylic acids is 1. The van der Waals surface area contributed by atoms with Gasteiger partial charge < -0.3 is 4.90 Å². The molecule has 1 aromatic carbocycles. The van der Waals surface area contributed by atoms with E-state index in [9.17, 15) is 13.2 Å². The van der Waals surface area contributed by atoms with Gasteiger partial charge in [0.2, 0.25) is 15.9 Å². The molecule has 6 heteroatoms. The van der Waals surface area contributed by atoms with Crippen molar-refractivity contribution in [2.45, 2.75) is 50.3 Å². The highest BCUT2D eigenvalue weighted by Crippen LogP contribution is 2.41. The third-order valence-corrected chi connectivity index (χ3v) is 6.77. The summed E-state index contributed by atoms with van der Waals surface area (Å²) < 4.78 is 27.3. The summed E-state index contributed by atoms with van der Waals surface area (Å²) in [5.41, 5.74) is 1.53. The minimum absolute atomic E-state index is 0.0107. The van der Waals surface area contributed by atoms with Crippen molar-refractivity contribution in [3.8, 4) is 0 Å². The molecule has 0 aromatic heterocycles. The van der Waals surface area contributed by atoms with Gasteiger partial charge in [0.1, 0.15) is 0 Å². The first-order valence-corrected chi connectivity index (χ1v) is 9.60. The zero-order valence-corrected chi connectivity index (χ0v) is 14.8. The number of fused-ring (bicyclic) bond motifs is 1. The first kappa shape index (κ1) is 16.5. The molecule has 23 heavy (non-hydrogen) atoms. The fourth-order valence-corrected chi connectivity index (χ4v) is 5.10. The molecule has 2 aliphatic heterocycles. The Morgan fingerprint density at radius 3 is 2.39 bits per heavy atom. The molecule has 5 nitrogen and oxygen atoms in total. The van der Waals surface area contributed by atoms with Gasteiger partial charge in [-0.2, -0.15) is 4.31 Å². The molecule has 126 valence electrons. The van der Waals surface area contributed by atoms with E-state index in [0.29, 0.717) is 24.5 Å². The van der Waals surface area contributed by atoms with E-state index in [2.05, 4.69) is 0 Å². The fourth-order valence-electron chi connectivity index (χ4n) is 3.55. The maximum Gasteiger partial charge on any atom is 0.243 e. The summed E-state index contributed by atoms with van der Waals surface area (Å²) in [4.78, 5) is 13.9. The fraction of sp³-hybridized carbons (Fsp3) is 0.588. The number of piperidine rings is 1. The standard InChI is InChI=1S/C17H24N2O3S/c1-13(20)19-12-17(2,3)15-11-14(7-8-16(15)19)23(21,22)18-9-5-4-6-10-18/h7-8,11H,4-6,9-10,12H2,1-3H3. The highest BCUT2D eigenvalue weighted by Gasteiger charge is 2.38. The predicted molar refractivity (Wildman–Crippen MR) is 90.1 cm³/mol. The number of amides is 1. The molecule has 2 aliphatic rings. The Morgan fingerprint density at radius 2 is 1.78 bits per heavy atom.